The van der Waals surface area contributed by atoms with Crippen molar-refractivity contribution in [3.8, 4) is 0 Å². The quantitative estimate of drug-likeness (QED) is 0.709. The Bertz CT molecular complexity index is 928. The van der Waals surface area contributed by atoms with Crippen LogP contribution in [-0.2, 0) is 13.0 Å². The lowest BCUT2D eigenvalue weighted by molar-refractivity contribution is 0.0931. The molecule has 0 spiro atoms. The molecule has 25 heavy (non-hydrogen) atoms. The molecular formula is C16H20N8O. The minimum Gasteiger partial charge on any atom is -0.341 e. The fraction of sp³-hybridized carbons (Fsp3) is 0.438. The van der Waals surface area contributed by atoms with Crippen molar-refractivity contribution in [1.82, 2.24) is 39.8 Å². The van der Waals surface area contributed by atoms with Gasteiger partial charge in [-0.2, -0.15) is 0 Å². The van der Waals surface area contributed by atoms with Crippen LogP contribution in [0.5, 0.6) is 0 Å². The summed E-state index contributed by atoms with van der Waals surface area (Å²) in [6.45, 7) is 6.30. The molecule has 4 heterocycles. The number of carbonyl (C=O) groups is 1. The molecule has 0 aliphatic carbocycles. The SMILES string of the molecule is Cc1nc2ncccn2c1C(=O)N[C@@H](C)c1nnc2n1CCNCC2. The van der Waals surface area contributed by atoms with Gasteiger partial charge in [0.2, 0.25) is 5.78 Å². The second-order valence-electron chi connectivity index (χ2n) is 6.16. The van der Waals surface area contributed by atoms with E-state index in [1.165, 1.54) is 0 Å². The topological polar surface area (TPSA) is 102 Å². The highest BCUT2D eigenvalue weighted by Crippen LogP contribution is 2.16. The number of hydrogen-bond acceptors (Lipinski definition) is 6. The number of fused-ring (bicyclic) bond motifs is 2. The predicted molar refractivity (Wildman–Crippen MR) is 90.2 cm³/mol. The van der Waals surface area contributed by atoms with Crippen LogP contribution >= 0.6 is 0 Å². The van der Waals surface area contributed by atoms with E-state index in [0.717, 1.165) is 37.7 Å². The number of imidazole rings is 1. The van der Waals surface area contributed by atoms with Gasteiger partial charge in [0.25, 0.3) is 5.91 Å². The van der Waals surface area contributed by atoms with E-state index in [1.807, 2.05) is 13.8 Å². The normalized spacial score (nSPS) is 15.6. The molecule has 3 aromatic heterocycles. The molecule has 0 aromatic carbocycles. The molecule has 1 aliphatic rings. The summed E-state index contributed by atoms with van der Waals surface area (Å²) in [6.07, 6.45) is 4.29. The average molecular weight is 340 g/mol. The van der Waals surface area contributed by atoms with Crippen LogP contribution in [-0.4, -0.2) is 48.1 Å². The Morgan fingerprint density at radius 1 is 1.36 bits per heavy atom. The second kappa shape index (κ2) is 6.25. The van der Waals surface area contributed by atoms with Gasteiger partial charge < -0.3 is 15.2 Å². The summed E-state index contributed by atoms with van der Waals surface area (Å²) in [5, 5.41) is 14.9. The monoisotopic (exact) mass is 340 g/mol. The van der Waals surface area contributed by atoms with Crippen molar-refractivity contribution < 1.29 is 4.79 Å². The van der Waals surface area contributed by atoms with Crippen LogP contribution in [0.3, 0.4) is 0 Å². The minimum absolute atomic E-state index is 0.199. The summed E-state index contributed by atoms with van der Waals surface area (Å²) in [6, 6.07) is 1.52. The van der Waals surface area contributed by atoms with E-state index in [-0.39, 0.29) is 11.9 Å². The maximum absolute atomic E-state index is 12.8. The zero-order valence-electron chi connectivity index (χ0n) is 14.2. The van der Waals surface area contributed by atoms with Crippen LogP contribution in [0.4, 0.5) is 0 Å². The first-order chi connectivity index (χ1) is 12.1. The van der Waals surface area contributed by atoms with E-state index in [9.17, 15) is 4.79 Å². The predicted octanol–water partition coefficient (Wildman–Crippen LogP) is 0.266. The Hall–Kier alpha value is -2.81. The Balaban J connectivity index is 1.60. The summed E-state index contributed by atoms with van der Waals surface area (Å²) in [7, 11) is 0. The van der Waals surface area contributed by atoms with Crippen molar-refractivity contribution in [1.29, 1.82) is 0 Å². The van der Waals surface area contributed by atoms with Gasteiger partial charge >= 0.3 is 0 Å². The zero-order chi connectivity index (χ0) is 17.4. The van der Waals surface area contributed by atoms with Crippen LogP contribution in [0.2, 0.25) is 0 Å². The van der Waals surface area contributed by atoms with Crippen molar-refractivity contribution in [2.75, 3.05) is 13.1 Å². The largest absolute Gasteiger partial charge is 0.341 e. The molecule has 9 nitrogen and oxygen atoms in total. The number of nitrogens with one attached hydrogen (secondary N) is 2. The molecule has 2 N–H and O–H groups in total. The fourth-order valence-electron chi connectivity index (χ4n) is 3.22. The van der Waals surface area contributed by atoms with Crippen molar-refractivity contribution in [3.05, 3.63) is 41.5 Å². The molecule has 0 fully saturated rings. The summed E-state index contributed by atoms with van der Waals surface area (Å²) < 4.78 is 3.79. The highest BCUT2D eigenvalue weighted by molar-refractivity contribution is 5.94. The van der Waals surface area contributed by atoms with Crippen LogP contribution < -0.4 is 10.6 Å². The molecule has 0 unspecified atom stereocenters. The molecule has 1 amide bonds. The molecule has 130 valence electrons. The van der Waals surface area contributed by atoms with Crippen molar-refractivity contribution in [2.24, 2.45) is 0 Å². The minimum atomic E-state index is -0.256. The van der Waals surface area contributed by atoms with Gasteiger partial charge in [0.05, 0.1) is 11.7 Å². The number of aryl methyl sites for hydroxylation is 1. The third-order valence-corrected chi connectivity index (χ3v) is 4.42. The van der Waals surface area contributed by atoms with E-state index in [2.05, 4.69) is 35.4 Å². The standard InChI is InChI=1S/C16H20N8O/c1-10-13(24-8-3-5-18-16(24)20-10)15(25)19-11(2)14-22-21-12-4-6-17-7-9-23(12)14/h3,5,8,11,17H,4,6-7,9H2,1-2H3,(H,19,25)/t11-/m0/s1. The van der Waals surface area contributed by atoms with Gasteiger partial charge in [-0.1, -0.05) is 0 Å². The Kier molecular flexibility index (Phi) is 3.92. The van der Waals surface area contributed by atoms with Gasteiger partial charge in [-0.05, 0) is 19.9 Å². The Morgan fingerprint density at radius 2 is 2.24 bits per heavy atom. The smallest absolute Gasteiger partial charge is 0.270 e. The molecule has 1 aliphatic heterocycles. The molecule has 3 aromatic rings. The first kappa shape index (κ1) is 15.7. The first-order valence-corrected chi connectivity index (χ1v) is 8.38. The average Bonchev–Trinajstić information content (AvgIpc) is 3.06. The Labute approximate surface area is 144 Å². The summed E-state index contributed by atoms with van der Waals surface area (Å²) in [4.78, 5) is 21.3. The van der Waals surface area contributed by atoms with Gasteiger partial charge in [-0.25, -0.2) is 9.97 Å². The third-order valence-electron chi connectivity index (χ3n) is 4.42. The van der Waals surface area contributed by atoms with Crippen LogP contribution in [0.1, 0.15) is 40.8 Å². The first-order valence-electron chi connectivity index (χ1n) is 8.38. The van der Waals surface area contributed by atoms with Crippen LogP contribution in [0.15, 0.2) is 18.5 Å². The maximum Gasteiger partial charge on any atom is 0.270 e. The van der Waals surface area contributed by atoms with Gasteiger partial charge in [0.15, 0.2) is 5.82 Å². The molecule has 0 radical (unpaired) electrons. The molecule has 1 atom stereocenters. The van der Waals surface area contributed by atoms with Gasteiger partial charge in [0, 0.05) is 38.4 Å². The molecule has 9 heteroatoms. The second-order valence-corrected chi connectivity index (χ2v) is 6.16. The molecule has 0 saturated carbocycles. The summed E-state index contributed by atoms with van der Waals surface area (Å²) in [5.74, 6) is 2.04. The van der Waals surface area contributed by atoms with E-state index >= 15 is 0 Å². The molecule has 0 bridgehead atoms. The number of rotatable bonds is 3. The lowest BCUT2D eigenvalue weighted by Crippen LogP contribution is -2.30. The van der Waals surface area contributed by atoms with Crippen molar-refractivity contribution >= 4 is 11.7 Å². The summed E-state index contributed by atoms with van der Waals surface area (Å²) >= 11 is 0. The summed E-state index contributed by atoms with van der Waals surface area (Å²) in [5.41, 5.74) is 1.14. The lowest BCUT2D eigenvalue weighted by Gasteiger charge is -2.15. The number of aromatic nitrogens is 6. The zero-order valence-corrected chi connectivity index (χ0v) is 14.2. The van der Waals surface area contributed by atoms with Crippen molar-refractivity contribution in [2.45, 2.75) is 32.9 Å². The molecular weight excluding hydrogens is 320 g/mol. The highest BCUT2D eigenvalue weighted by atomic mass is 16.2. The van der Waals surface area contributed by atoms with E-state index < -0.39 is 0 Å². The lowest BCUT2D eigenvalue weighted by atomic mass is 10.2. The van der Waals surface area contributed by atoms with Crippen LogP contribution in [0.25, 0.3) is 5.78 Å². The number of nitrogens with zero attached hydrogens (tertiary/aromatic N) is 6. The molecule has 4 rings (SSSR count). The fourth-order valence-corrected chi connectivity index (χ4v) is 3.22. The number of carbonyl (C=O) groups excluding carboxylic acids is 1. The van der Waals surface area contributed by atoms with E-state index in [1.54, 1.807) is 22.9 Å². The van der Waals surface area contributed by atoms with E-state index in [0.29, 0.717) is 17.2 Å². The number of amides is 1. The molecule has 0 saturated heterocycles. The van der Waals surface area contributed by atoms with E-state index in [4.69, 9.17) is 0 Å². The van der Waals surface area contributed by atoms with Gasteiger partial charge in [-0.15, -0.1) is 10.2 Å². The van der Waals surface area contributed by atoms with Crippen molar-refractivity contribution in [3.63, 3.8) is 0 Å². The third kappa shape index (κ3) is 2.76. The van der Waals surface area contributed by atoms with Crippen LogP contribution in [0, 0.1) is 6.92 Å². The Morgan fingerprint density at radius 3 is 3.12 bits per heavy atom. The van der Waals surface area contributed by atoms with Gasteiger partial charge in [-0.3, -0.25) is 9.20 Å². The van der Waals surface area contributed by atoms with Gasteiger partial charge in [0.1, 0.15) is 11.5 Å². The highest BCUT2D eigenvalue weighted by Gasteiger charge is 2.23. The number of hydrogen-bond donors (Lipinski definition) is 2. The maximum atomic E-state index is 12.8.